The van der Waals surface area contributed by atoms with Gasteiger partial charge < -0.3 is 10.2 Å². The molecule has 14 heavy (non-hydrogen) atoms. The zero-order valence-electron chi connectivity index (χ0n) is 8.84. The molecule has 1 N–H and O–H groups in total. The lowest BCUT2D eigenvalue weighted by molar-refractivity contribution is 0.401. The summed E-state index contributed by atoms with van der Waals surface area (Å²) in [5, 5.41) is 3.14. The molecule has 0 aliphatic carbocycles. The van der Waals surface area contributed by atoms with Crippen molar-refractivity contribution in [3.63, 3.8) is 0 Å². The third-order valence-electron chi connectivity index (χ3n) is 2.63. The van der Waals surface area contributed by atoms with E-state index >= 15 is 0 Å². The lowest BCUT2D eigenvalue weighted by Crippen LogP contribution is -2.27. The van der Waals surface area contributed by atoms with Gasteiger partial charge in [0.2, 0.25) is 0 Å². The molecule has 0 spiro atoms. The van der Waals surface area contributed by atoms with E-state index in [1.807, 2.05) is 6.08 Å². The van der Waals surface area contributed by atoms with Crippen LogP contribution < -0.4 is 5.32 Å². The SMILES string of the molecule is C=CNC(C=C)CC(=C)N1CCCC1. The van der Waals surface area contributed by atoms with Crippen molar-refractivity contribution in [2.75, 3.05) is 13.1 Å². The van der Waals surface area contributed by atoms with Gasteiger partial charge in [0, 0.05) is 31.2 Å². The Kier molecular flexibility index (Phi) is 4.30. The summed E-state index contributed by atoms with van der Waals surface area (Å²) in [6, 6.07) is 0.264. The van der Waals surface area contributed by atoms with E-state index < -0.39 is 0 Å². The second-order valence-electron chi connectivity index (χ2n) is 3.68. The van der Waals surface area contributed by atoms with E-state index in [0.29, 0.717) is 0 Å². The molecule has 1 fully saturated rings. The van der Waals surface area contributed by atoms with Gasteiger partial charge in [0.1, 0.15) is 0 Å². The highest BCUT2D eigenvalue weighted by atomic mass is 15.1. The molecular formula is C12H20N2. The molecule has 1 unspecified atom stereocenters. The first-order valence-electron chi connectivity index (χ1n) is 5.20. The Bertz CT molecular complexity index is 214. The molecule has 0 radical (unpaired) electrons. The molecule has 1 rings (SSSR count). The first kappa shape index (κ1) is 10.9. The molecule has 78 valence electrons. The van der Waals surface area contributed by atoms with Gasteiger partial charge in [-0.05, 0) is 19.0 Å². The van der Waals surface area contributed by atoms with Crippen LogP contribution in [-0.4, -0.2) is 24.0 Å². The molecule has 1 aliphatic heterocycles. The van der Waals surface area contributed by atoms with Crippen molar-refractivity contribution in [3.8, 4) is 0 Å². The summed E-state index contributed by atoms with van der Waals surface area (Å²) < 4.78 is 0. The molecule has 1 atom stereocenters. The van der Waals surface area contributed by atoms with Crippen molar-refractivity contribution in [2.24, 2.45) is 0 Å². The minimum absolute atomic E-state index is 0.264. The fourth-order valence-corrected chi connectivity index (χ4v) is 1.78. The van der Waals surface area contributed by atoms with Crippen LogP contribution in [0.3, 0.4) is 0 Å². The van der Waals surface area contributed by atoms with E-state index in [1.165, 1.54) is 18.5 Å². The van der Waals surface area contributed by atoms with Crippen molar-refractivity contribution in [2.45, 2.75) is 25.3 Å². The Morgan fingerprint density at radius 3 is 2.50 bits per heavy atom. The van der Waals surface area contributed by atoms with Crippen LogP contribution in [0.5, 0.6) is 0 Å². The zero-order valence-corrected chi connectivity index (χ0v) is 8.84. The van der Waals surface area contributed by atoms with Gasteiger partial charge in [-0.1, -0.05) is 19.2 Å². The molecule has 2 nitrogen and oxygen atoms in total. The number of rotatable bonds is 6. The second-order valence-corrected chi connectivity index (χ2v) is 3.68. The van der Waals surface area contributed by atoms with E-state index in [2.05, 4.69) is 30.0 Å². The maximum absolute atomic E-state index is 4.11. The Hall–Kier alpha value is -1.18. The summed E-state index contributed by atoms with van der Waals surface area (Å²) in [6.45, 7) is 13.9. The smallest absolute Gasteiger partial charge is 0.0490 e. The van der Waals surface area contributed by atoms with Crippen molar-refractivity contribution in [1.29, 1.82) is 0 Å². The summed E-state index contributed by atoms with van der Waals surface area (Å²) in [4.78, 5) is 2.36. The lowest BCUT2D eigenvalue weighted by atomic mass is 10.1. The molecule has 0 aromatic rings. The molecular weight excluding hydrogens is 172 g/mol. The minimum Gasteiger partial charge on any atom is -0.385 e. The molecule has 1 heterocycles. The zero-order chi connectivity index (χ0) is 10.4. The number of nitrogens with zero attached hydrogens (tertiary/aromatic N) is 1. The number of likely N-dealkylation sites (tertiary alicyclic amines) is 1. The molecule has 0 amide bonds. The standard InChI is InChI=1S/C12H20N2/c1-4-12(13-5-2)10-11(3)14-8-6-7-9-14/h4-5,12-13H,1-3,6-10H2. The van der Waals surface area contributed by atoms with E-state index in [-0.39, 0.29) is 6.04 Å². The first-order valence-corrected chi connectivity index (χ1v) is 5.20. The molecule has 1 saturated heterocycles. The number of hydrogen-bond acceptors (Lipinski definition) is 2. The van der Waals surface area contributed by atoms with Gasteiger partial charge in [-0.3, -0.25) is 0 Å². The highest BCUT2D eigenvalue weighted by Crippen LogP contribution is 2.17. The maximum Gasteiger partial charge on any atom is 0.0490 e. The van der Waals surface area contributed by atoms with Gasteiger partial charge in [-0.25, -0.2) is 0 Å². The van der Waals surface area contributed by atoms with Crippen LogP contribution in [0.2, 0.25) is 0 Å². The summed E-state index contributed by atoms with van der Waals surface area (Å²) in [5.41, 5.74) is 1.21. The van der Waals surface area contributed by atoms with Crippen molar-refractivity contribution < 1.29 is 0 Å². The topological polar surface area (TPSA) is 15.3 Å². The van der Waals surface area contributed by atoms with Crippen molar-refractivity contribution in [3.05, 3.63) is 37.7 Å². The van der Waals surface area contributed by atoms with Crippen LogP contribution in [0.15, 0.2) is 37.7 Å². The molecule has 0 saturated carbocycles. The highest BCUT2D eigenvalue weighted by Gasteiger charge is 2.14. The number of hydrogen-bond donors (Lipinski definition) is 1. The Morgan fingerprint density at radius 1 is 1.36 bits per heavy atom. The first-order chi connectivity index (χ1) is 6.77. The van der Waals surface area contributed by atoms with E-state index in [1.54, 1.807) is 6.20 Å². The van der Waals surface area contributed by atoms with Crippen LogP contribution in [0.4, 0.5) is 0 Å². The van der Waals surface area contributed by atoms with Gasteiger partial charge in [0.25, 0.3) is 0 Å². The average molecular weight is 192 g/mol. The molecule has 2 heteroatoms. The normalized spacial score (nSPS) is 17.6. The Labute approximate surface area is 87.0 Å². The monoisotopic (exact) mass is 192 g/mol. The fraction of sp³-hybridized carbons (Fsp3) is 0.500. The van der Waals surface area contributed by atoms with Crippen molar-refractivity contribution >= 4 is 0 Å². The summed E-state index contributed by atoms with van der Waals surface area (Å²) in [7, 11) is 0. The van der Waals surface area contributed by atoms with Crippen molar-refractivity contribution in [1.82, 2.24) is 10.2 Å². The third-order valence-corrected chi connectivity index (χ3v) is 2.63. The van der Waals surface area contributed by atoms with Crippen LogP contribution in [0.1, 0.15) is 19.3 Å². The second kappa shape index (κ2) is 5.53. The van der Waals surface area contributed by atoms with Gasteiger partial charge in [-0.15, -0.1) is 6.58 Å². The molecule has 0 aromatic carbocycles. The number of nitrogens with one attached hydrogen (secondary N) is 1. The van der Waals surface area contributed by atoms with Gasteiger partial charge in [-0.2, -0.15) is 0 Å². The molecule has 0 bridgehead atoms. The van der Waals surface area contributed by atoms with Crippen LogP contribution in [0, 0.1) is 0 Å². The predicted octanol–water partition coefficient (Wildman–Crippen LogP) is 2.27. The van der Waals surface area contributed by atoms with Gasteiger partial charge >= 0.3 is 0 Å². The largest absolute Gasteiger partial charge is 0.385 e. The summed E-state index contributed by atoms with van der Waals surface area (Å²) in [5.74, 6) is 0. The van der Waals surface area contributed by atoms with Crippen LogP contribution in [0.25, 0.3) is 0 Å². The van der Waals surface area contributed by atoms with Gasteiger partial charge in [0.15, 0.2) is 0 Å². The maximum atomic E-state index is 4.11. The Morgan fingerprint density at radius 2 is 2.00 bits per heavy atom. The van der Waals surface area contributed by atoms with E-state index in [0.717, 1.165) is 19.5 Å². The lowest BCUT2D eigenvalue weighted by Gasteiger charge is -2.23. The summed E-state index contributed by atoms with van der Waals surface area (Å²) >= 11 is 0. The highest BCUT2D eigenvalue weighted by molar-refractivity contribution is 5.04. The minimum atomic E-state index is 0.264. The average Bonchev–Trinajstić information content (AvgIpc) is 2.69. The van der Waals surface area contributed by atoms with E-state index in [9.17, 15) is 0 Å². The quantitative estimate of drug-likeness (QED) is 0.649. The third kappa shape index (κ3) is 2.95. The predicted molar refractivity (Wildman–Crippen MR) is 61.9 cm³/mol. The van der Waals surface area contributed by atoms with Gasteiger partial charge in [0.05, 0.1) is 0 Å². The van der Waals surface area contributed by atoms with Crippen LogP contribution >= 0.6 is 0 Å². The fourth-order valence-electron chi connectivity index (χ4n) is 1.78. The molecule has 0 aromatic heterocycles. The Balaban J connectivity index is 2.36. The van der Waals surface area contributed by atoms with Crippen LogP contribution in [-0.2, 0) is 0 Å². The molecule has 1 aliphatic rings. The van der Waals surface area contributed by atoms with E-state index in [4.69, 9.17) is 0 Å². The summed E-state index contributed by atoms with van der Waals surface area (Å²) in [6.07, 6.45) is 7.14.